The predicted molar refractivity (Wildman–Crippen MR) is 108 cm³/mol. The standard InChI is InChI=1S/C20H20ClFN2O2S/c1-2-11-6-7-13-16(10-11)27-20(18(13)19(23)26)24-17(25)9-8-12-14(21)4-3-5-15(12)22/h3-5,8-9,11H,2,6-7,10H2,1H3,(H2,23,26)(H,24,25)/b9-8+/t11-/m1/s1. The zero-order valence-electron chi connectivity index (χ0n) is 14.9. The van der Waals surface area contributed by atoms with Crippen molar-refractivity contribution in [3.8, 4) is 0 Å². The lowest BCUT2D eigenvalue weighted by atomic mass is 9.85. The van der Waals surface area contributed by atoms with Crippen molar-refractivity contribution in [3.63, 3.8) is 0 Å². The second-order valence-corrected chi connectivity index (χ2v) is 8.06. The third-order valence-corrected chi connectivity index (χ3v) is 6.33. The number of rotatable bonds is 5. The van der Waals surface area contributed by atoms with E-state index in [0.717, 1.165) is 36.1 Å². The van der Waals surface area contributed by atoms with Gasteiger partial charge in [-0.1, -0.05) is 31.0 Å². The van der Waals surface area contributed by atoms with E-state index in [4.69, 9.17) is 17.3 Å². The smallest absolute Gasteiger partial charge is 0.251 e. The lowest BCUT2D eigenvalue weighted by molar-refractivity contribution is -0.111. The molecular weight excluding hydrogens is 387 g/mol. The van der Waals surface area contributed by atoms with Gasteiger partial charge in [-0.3, -0.25) is 9.59 Å². The maximum absolute atomic E-state index is 13.8. The summed E-state index contributed by atoms with van der Waals surface area (Å²) in [6.45, 7) is 2.15. The summed E-state index contributed by atoms with van der Waals surface area (Å²) >= 11 is 7.35. The van der Waals surface area contributed by atoms with Gasteiger partial charge in [-0.05, 0) is 49.0 Å². The first-order chi connectivity index (χ1) is 12.9. The van der Waals surface area contributed by atoms with Gasteiger partial charge in [0.1, 0.15) is 10.8 Å². The fourth-order valence-corrected chi connectivity index (χ4v) is 4.93. The summed E-state index contributed by atoms with van der Waals surface area (Å²) in [5, 5.41) is 3.39. The highest BCUT2D eigenvalue weighted by atomic mass is 35.5. The second kappa shape index (κ2) is 8.23. The Morgan fingerprint density at radius 1 is 1.44 bits per heavy atom. The molecule has 0 radical (unpaired) electrons. The van der Waals surface area contributed by atoms with Crippen molar-refractivity contribution in [1.29, 1.82) is 0 Å². The van der Waals surface area contributed by atoms with Crippen LogP contribution in [0.2, 0.25) is 5.02 Å². The van der Waals surface area contributed by atoms with Gasteiger partial charge in [0.2, 0.25) is 5.91 Å². The molecule has 142 valence electrons. The molecule has 27 heavy (non-hydrogen) atoms. The largest absolute Gasteiger partial charge is 0.365 e. The molecule has 1 aromatic carbocycles. The average Bonchev–Trinajstić information content (AvgIpc) is 2.98. The van der Waals surface area contributed by atoms with Gasteiger partial charge in [0.05, 0.1) is 10.6 Å². The van der Waals surface area contributed by atoms with Crippen LogP contribution in [-0.2, 0) is 17.6 Å². The molecule has 1 heterocycles. The molecule has 7 heteroatoms. The van der Waals surface area contributed by atoms with E-state index in [2.05, 4.69) is 12.2 Å². The highest BCUT2D eigenvalue weighted by molar-refractivity contribution is 7.17. The van der Waals surface area contributed by atoms with Crippen molar-refractivity contribution in [1.82, 2.24) is 0 Å². The fourth-order valence-electron chi connectivity index (χ4n) is 3.33. The number of carbonyl (C=O) groups is 2. The Kier molecular flexibility index (Phi) is 5.97. The van der Waals surface area contributed by atoms with Gasteiger partial charge in [0.15, 0.2) is 0 Å². The van der Waals surface area contributed by atoms with Crippen LogP contribution in [0.3, 0.4) is 0 Å². The monoisotopic (exact) mass is 406 g/mol. The van der Waals surface area contributed by atoms with Gasteiger partial charge in [-0.15, -0.1) is 11.3 Å². The Bertz CT molecular complexity index is 903. The Morgan fingerprint density at radius 3 is 2.89 bits per heavy atom. The van der Waals surface area contributed by atoms with Crippen LogP contribution >= 0.6 is 22.9 Å². The van der Waals surface area contributed by atoms with Crippen LogP contribution in [0.25, 0.3) is 6.08 Å². The van der Waals surface area contributed by atoms with E-state index in [1.807, 2.05) is 0 Å². The summed E-state index contributed by atoms with van der Waals surface area (Å²) in [4.78, 5) is 25.4. The van der Waals surface area contributed by atoms with E-state index >= 15 is 0 Å². The number of hydrogen-bond donors (Lipinski definition) is 2. The second-order valence-electron chi connectivity index (χ2n) is 6.55. The number of carbonyl (C=O) groups excluding carboxylic acids is 2. The lowest BCUT2D eigenvalue weighted by Gasteiger charge is -2.20. The van der Waals surface area contributed by atoms with Crippen molar-refractivity contribution < 1.29 is 14.0 Å². The van der Waals surface area contributed by atoms with Crippen molar-refractivity contribution in [3.05, 3.63) is 56.7 Å². The van der Waals surface area contributed by atoms with E-state index < -0.39 is 17.6 Å². The Balaban J connectivity index is 1.83. The maximum atomic E-state index is 13.8. The molecule has 0 saturated carbocycles. The first-order valence-corrected chi connectivity index (χ1v) is 9.97. The molecule has 0 aliphatic heterocycles. The number of primary amides is 1. The lowest BCUT2D eigenvalue weighted by Crippen LogP contribution is -2.19. The van der Waals surface area contributed by atoms with E-state index in [-0.39, 0.29) is 10.6 Å². The molecule has 1 atom stereocenters. The van der Waals surface area contributed by atoms with Gasteiger partial charge >= 0.3 is 0 Å². The number of hydrogen-bond acceptors (Lipinski definition) is 3. The number of nitrogens with one attached hydrogen (secondary N) is 1. The van der Waals surface area contributed by atoms with Crippen molar-refractivity contribution in [2.24, 2.45) is 11.7 Å². The fraction of sp³-hybridized carbons (Fsp3) is 0.300. The highest BCUT2D eigenvalue weighted by Crippen LogP contribution is 2.40. The number of amides is 2. The van der Waals surface area contributed by atoms with Crippen LogP contribution in [-0.4, -0.2) is 11.8 Å². The number of fused-ring (bicyclic) bond motifs is 1. The molecular formula is C20H20ClFN2O2S. The molecule has 0 bridgehead atoms. The number of benzene rings is 1. The van der Waals surface area contributed by atoms with E-state index in [9.17, 15) is 14.0 Å². The molecule has 0 saturated heterocycles. The number of anilines is 1. The summed E-state index contributed by atoms with van der Waals surface area (Å²) < 4.78 is 13.8. The van der Waals surface area contributed by atoms with Crippen molar-refractivity contribution in [2.45, 2.75) is 32.6 Å². The molecule has 0 unspecified atom stereocenters. The Morgan fingerprint density at radius 2 is 2.22 bits per heavy atom. The molecule has 2 amide bonds. The molecule has 0 spiro atoms. The van der Waals surface area contributed by atoms with E-state index in [1.54, 1.807) is 6.07 Å². The molecule has 1 aliphatic carbocycles. The quantitative estimate of drug-likeness (QED) is 0.699. The van der Waals surface area contributed by atoms with Crippen LogP contribution in [0.4, 0.5) is 9.39 Å². The normalized spacial score (nSPS) is 16.3. The highest BCUT2D eigenvalue weighted by Gasteiger charge is 2.27. The zero-order valence-corrected chi connectivity index (χ0v) is 16.4. The van der Waals surface area contributed by atoms with E-state index in [0.29, 0.717) is 16.5 Å². The average molecular weight is 407 g/mol. The summed E-state index contributed by atoms with van der Waals surface area (Å²) in [5.41, 5.74) is 7.05. The SMILES string of the molecule is CC[C@@H]1CCc2c(sc(NC(=O)/C=C/c3c(F)cccc3Cl)c2C(N)=O)C1. The van der Waals surface area contributed by atoms with Gasteiger partial charge in [-0.25, -0.2) is 4.39 Å². The third kappa shape index (κ3) is 4.22. The van der Waals surface area contributed by atoms with Crippen LogP contribution < -0.4 is 11.1 Å². The minimum Gasteiger partial charge on any atom is -0.365 e. The summed E-state index contributed by atoms with van der Waals surface area (Å²) in [5.74, 6) is -0.938. The first kappa shape index (κ1) is 19.6. The summed E-state index contributed by atoms with van der Waals surface area (Å²) in [6.07, 6.45) is 6.29. The van der Waals surface area contributed by atoms with Crippen molar-refractivity contribution in [2.75, 3.05) is 5.32 Å². The minimum absolute atomic E-state index is 0.140. The number of halogens is 2. The molecule has 4 nitrogen and oxygen atoms in total. The molecule has 3 rings (SSSR count). The number of nitrogens with two attached hydrogens (primary N) is 1. The van der Waals surface area contributed by atoms with Gasteiger partial charge in [0.25, 0.3) is 5.91 Å². The molecule has 3 N–H and O–H groups in total. The zero-order chi connectivity index (χ0) is 19.6. The molecule has 0 fully saturated rings. The van der Waals surface area contributed by atoms with Crippen molar-refractivity contribution >= 4 is 45.8 Å². The summed E-state index contributed by atoms with van der Waals surface area (Å²) in [6, 6.07) is 4.31. The van der Waals surface area contributed by atoms with Crippen LogP contribution in [0.15, 0.2) is 24.3 Å². The van der Waals surface area contributed by atoms with Crippen LogP contribution in [0.5, 0.6) is 0 Å². The predicted octanol–water partition coefficient (Wildman–Crippen LogP) is 4.81. The van der Waals surface area contributed by atoms with E-state index in [1.165, 1.54) is 35.6 Å². The maximum Gasteiger partial charge on any atom is 0.251 e. The minimum atomic E-state index is -0.543. The van der Waals surface area contributed by atoms with Crippen LogP contribution in [0.1, 0.15) is 46.1 Å². The Hall–Kier alpha value is -2.18. The van der Waals surface area contributed by atoms with Gasteiger partial charge in [-0.2, -0.15) is 0 Å². The summed E-state index contributed by atoms with van der Waals surface area (Å²) in [7, 11) is 0. The first-order valence-electron chi connectivity index (χ1n) is 8.78. The topological polar surface area (TPSA) is 72.2 Å². The van der Waals surface area contributed by atoms with Crippen LogP contribution in [0, 0.1) is 11.7 Å². The Labute approximate surface area is 166 Å². The third-order valence-electron chi connectivity index (χ3n) is 4.83. The van der Waals surface area contributed by atoms with Gasteiger partial charge < -0.3 is 11.1 Å². The molecule has 2 aromatic rings. The van der Waals surface area contributed by atoms with Gasteiger partial charge in [0, 0.05) is 16.5 Å². The molecule has 1 aromatic heterocycles. The molecule has 1 aliphatic rings. The number of thiophene rings is 1.